The molecule has 2 unspecified atom stereocenters. The highest BCUT2D eigenvalue weighted by molar-refractivity contribution is 9.09. The summed E-state index contributed by atoms with van der Waals surface area (Å²) in [7, 11) is 0. The van der Waals surface area contributed by atoms with Crippen molar-refractivity contribution in [2.24, 2.45) is 11.8 Å². The Morgan fingerprint density at radius 3 is 2.28 bits per heavy atom. The summed E-state index contributed by atoms with van der Waals surface area (Å²) in [6.45, 7) is 6.95. The molecule has 5 atom stereocenters. The Balaban J connectivity index is 2.64. The molecule has 0 bridgehead atoms. The Bertz CT molecular complexity index is 318. The first-order valence-corrected chi connectivity index (χ1v) is 6.84. The third-order valence-electron chi connectivity index (χ3n) is 3.25. The summed E-state index contributed by atoms with van der Waals surface area (Å²) >= 11 is 3.36. The highest BCUT2D eigenvalue weighted by atomic mass is 79.9. The lowest BCUT2D eigenvalue weighted by Gasteiger charge is -2.41. The molecule has 0 amide bonds. The van der Waals surface area contributed by atoms with E-state index in [1.807, 2.05) is 13.8 Å². The number of rotatable bonds is 3. The van der Waals surface area contributed by atoms with Gasteiger partial charge in [0.2, 0.25) is 0 Å². The van der Waals surface area contributed by atoms with Crippen LogP contribution in [0.1, 0.15) is 27.7 Å². The number of hydrogen-bond donors (Lipinski definition) is 0. The van der Waals surface area contributed by atoms with Crippen LogP contribution in [0.2, 0.25) is 0 Å². The number of carbonyl (C=O) groups excluding carboxylic acids is 2. The normalized spacial score (nSPS) is 35.9. The van der Waals surface area contributed by atoms with Crippen LogP contribution in [0.3, 0.4) is 0 Å². The van der Waals surface area contributed by atoms with Gasteiger partial charge in [-0.05, 0) is 5.92 Å². The maximum atomic E-state index is 11.0. The molecule has 5 nitrogen and oxygen atoms in total. The van der Waals surface area contributed by atoms with Gasteiger partial charge in [0.25, 0.3) is 0 Å². The Kier molecular flexibility index (Phi) is 5.59. The molecule has 0 radical (unpaired) electrons. The smallest absolute Gasteiger partial charge is 0.303 e. The van der Waals surface area contributed by atoms with Crippen LogP contribution in [0, 0.1) is 11.8 Å². The first-order chi connectivity index (χ1) is 8.32. The fourth-order valence-electron chi connectivity index (χ4n) is 1.99. The lowest BCUT2D eigenvalue weighted by Crippen LogP contribution is -2.50. The molecular weight excluding hydrogens is 304 g/mol. The van der Waals surface area contributed by atoms with Gasteiger partial charge in [-0.3, -0.25) is 9.59 Å². The van der Waals surface area contributed by atoms with Crippen molar-refractivity contribution in [1.29, 1.82) is 0 Å². The predicted octanol–water partition coefficient (Wildman–Crippen LogP) is 1.87. The van der Waals surface area contributed by atoms with Gasteiger partial charge in [0.1, 0.15) is 17.7 Å². The monoisotopic (exact) mass is 322 g/mol. The van der Waals surface area contributed by atoms with Gasteiger partial charge in [0, 0.05) is 19.8 Å². The van der Waals surface area contributed by atoms with E-state index in [4.69, 9.17) is 14.2 Å². The van der Waals surface area contributed by atoms with Crippen LogP contribution in [0.25, 0.3) is 0 Å². The van der Waals surface area contributed by atoms with E-state index in [2.05, 4.69) is 15.9 Å². The zero-order valence-electron chi connectivity index (χ0n) is 11.0. The van der Waals surface area contributed by atoms with E-state index in [0.717, 1.165) is 0 Å². The van der Waals surface area contributed by atoms with E-state index in [1.165, 1.54) is 13.8 Å². The van der Waals surface area contributed by atoms with Gasteiger partial charge in [-0.25, -0.2) is 0 Å². The van der Waals surface area contributed by atoms with Crippen LogP contribution in [0.4, 0.5) is 0 Å². The average molecular weight is 323 g/mol. The predicted molar refractivity (Wildman–Crippen MR) is 68.1 cm³/mol. The molecule has 0 aliphatic carbocycles. The molecule has 6 heteroatoms. The fourth-order valence-corrected chi connectivity index (χ4v) is 2.85. The SMILES string of the molecule is CC(=O)OCC1O[C@@H](Br)C(OC(C)=O)[C@@H](C)[C@@H]1C. The molecular formula is C12H19BrO5. The van der Waals surface area contributed by atoms with Gasteiger partial charge in [-0.2, -0.15) is 0 Å². The third-order valence-corrected chi connectivity index (χ3v) is 3.99. The van der Waals surface area contributed by atoms with Crippen LogP contribution >= 0.6 is 15.9 Å². The lowest BCUT2D eigenvalue weighted by molar-refractivity contribution is -0.183. The van der Waals surface area contributed by atoms with Gasteiger partial charge in [-0.15, -0.1) is 0 Å². The van der Waals surface area contributed by atoms with E-state index in [9.17, 15) is 9.59 Å². The molecule has 1 saturated heterocycles. The van der Waals surface area contributed by atoms with Gasteiger partial charge in [0.15, 0.2) is 0 Å². The maximum absolute atomic E-state index is 11.0. The van der Waals surface area contributed by atoms with E-state index in [-0.39, 0.29) is 47.6 Å². The molecule has 18 heavy (non-hydrogen) atoms. The van der Waals surface area contributed by atoms with E-state index < -0.39 is 0 Å². The Morgan fingerprint density at radius 2 is 1.78 bits per heavy atom. The molecule has 104 valence electrons. The molecule has 0 saturated carbocycles. The average Bonchev–Trinajstić information content (AvgIpc) is 2.27. The summed E-state index contributed by atoms with van der Waals surface area (Å²) in [6, 6.07) is 0. The zero-order valence-corrected chi connectivity index (χ0v) is 12.6. The second-order valence-electron chi connectivity index (χ2n) is 4.62. The molecule has 1 heterocycles. The summed E-state index contributed by atoms with van der Waals surface area (Å²) in [6.07, 6.45) is -0.522. The van der Waals surface area contributed by atoms with Crippen molar-refractivity contribution in [3.63, 3.8) is 0 Å². The molecule has 1 aliphatic rings. The van der Waals surface area contributed by atoms with E-state index in [1.54, 1.807) is 0 Å². The van der Waals surface area contributed by atoms with Crippen molar-refractivity contribution in [3.8, 4) is 0 Å². The standard InChI is InChI=1S/C12H19BrO5/c1-6-7(2)11(17-9(4)15)12(13)18-10(6)5-16-8(3)14/h6-7,10-12H,5H2,1-4H3/t6-,7-,10?,11?,12+/m0/s1. The Hall–Kier alpha value is -0.620. The summed E-state index contributed by atoms with van der Waals surface area (Å²) in [5, 5.41) is -0.381. The summed E-state index contributed by atoms with van der Waals surface area (Å²) in [5.41, 5.74) is 0. The number of halogens is 1. The Morgan fingerprint density at radius 1 is 1.17 bits per heavy atom. The largest absolute Gasteiger partial charge is 0.463 e. The fraction of sp³-hybridized carbons (Fsp3) is 0.833. The minimum Gasteiger partial charge on any atom is -0.463 e. The molecule has 0 aromatic heterocycles. The van der Waals surface area contributed by atoms with Crippen LogP contribution < -0.4 is 0 Å². The molecule has 0 aromatic carbocycles. The third kappa shape index (κ3) is 3.95. The second kappa shape index (κ2) is 6.52. The van der Waals surface area contributed by atoms with Gasteiger partial charge in [0.05, 0.1) is 6.10 Å². The Labute approximate surface area is 115 Å². The van der Waals surface area contributed by atoms with Crippen molar-refractivity contribution in [2.45, 2.75) is 44.9 Å². The number of carbonyl (C=O) groups is 2. The number of ether oxygens (including phenoxy) is 3. The van der Waals surface area contributed by atoms with Crippen molar-refractivity contribution < 1.29 is 23.8 Å². The first-order valence-electron chi connectivity index (χ1n) is 5.93. The van der Waals surface area contributed by atoms with Crippen LogP contribution in [0.15, 0.2) is 0 Å². The molecule has 0 spiro atoms. The van der Waals surface area contributed by atoms with Crippen LogP contribution in [-0.2, 0) is 23.8 Å². The van der Waals surface area contributed by atoms with Crippen molar-refractivity contribution in [1.82, 2.24) is 0 Å². The molecule has 0 aromatic rings. The number of alkyl halides is 1. The van der Waals surface area contributed by atoms with Crippen molar-refractivity contribution >= 4 is 27.9 Å². The molecule has 1 fully saturated rings. The molecule has 0 N–H and O–H groups in total. The lowest BCUT2D eigenvalue weighted by atomic mass is 9.84. The summed E-state index contributed by atoms with van der Waals surface area (Å²) < 4.78 is 15.9. The van der Waals surface area contributed by atoms with Crippen LogP contribution in [-0.4, -0.2) is 35.8 Å². The summed E-state index contributed by atoms with van der Waals surface area (Å²) in [5.74, 6) is -0.410. The zero-order chi connectivity index (χ0) is 13.9. The van der Waals surface area contributed by atoms with Crippen LogP contribution in [0.5, 0.6) is 0 Å². The highest BCUT2D eigenvalue weighted by Gasteiger charge is 2.42. The minimum absolute atomic E-state index is 0.118. The van der Waals surface area contributed by atoms with Crippen molar-refractivity contribution in [2.75, 3.05) is 6.61 Å². The van der Waals surface area contributed by atoms with Gasteiger partial charge >= 0.3 is 11.9 Å². The topological polar surface area (TPSA) is 61.8 Å². The van der Waals surface area contributed by atoms with Gasteiger partial charge in [-0.1, -0.05) is 29.8 Å². The van der Waals surface area contributed by atoms with Gasteiger partial charge < -0.3 is 14.2 Å². The number of esters is 2. The quantitative estimate of drug-likeness (QED) is 0.586. The van der Waals surface area contributed by atoms with Crippen molar-refractivity contribution in [3.05, 3.63) is 0 Å². The molecule has 1 rings (SSSR count). The summed E-state index contributed by atoms with van der Waals surface area (Å²) in [4.78, 5) is 21.8. The number of hydrogen-bond acceptors (Lipinski definition) is 5. The van der Waals surface area contributed by atoms with E-state index >= 15 is 0 Å². The minimum atomic E-state index is -0.381. The first kappa shape index (κ1) is 15.4. The maximum Gasteiger partial charge on any atom is 0.303 e. The van der Waals surface area contributed by atoms with E-state index in [0.29, 0.717) is 0 Å². The highest BCUT2D eigenvalue weighted by Crippen LogP contribution is 2.35. The second-order valence-corrected chi connectivity index (χ2v) is 5.52. The molecule has 1 aliphatic heterocycles.